The normalized spacial score (nSPS) is 19.6. The van der Waals surface area contributed by atoms with E-state index in [0.29, 0.717) is 5.28 Å². The van der Waals surface area contributed by atoms with Crippen LogP contribution in [0.3, 0.4) is 0 Å². The molecule has 0 amide bonds. The van der Waals surface area contributed by atoms with Gasteiger partial charge in [-0.1, -0.05) is 6.92 Å². The van der Waals surface area contributed by atoms with Gasteiger partial charge in [-0.3, -0.25) is 0 Å². The summed E-state index contributed by atoms with van der Waals surface area (Å²) >= 11 is 7.88. The number of aromatic nitrogens is 4. The second kappa shape index (κ2) is 3.65. The van der Waals surface area contributed by atoms with Crippen LogP contribution in [0.4, 0.5) is 0 Å². The number of rotatable bonds is 0. The summed E-state index contributed by atoms with van der Waals surface area (Å²) in [5, 5.41) is 5.68. The first-order chi connectivity index (χ1) is 8.74. The monoisotopic (exact) mass is 278 g/mol. The number of aryl methyl sites for hydroxylation is 1. The summed E-state index contributed by atoms with van der Waals surface area (Å²) in [6.45, 7) is 2.30. The minimum absolute atomic E-state index is 0.390. The lowest BCUT2D eigenvalue weighted by atomic mass is 9.89. The van der Waals surface area contributed by atoms with Crippen LogP contribution in [0, 0.1) is 5.92 Å². The van der Waals surface area contributed by atoms with E-state index in [1.165, 1.54) is 16.9 Å². The fourth-order valence-corrected chi connectivity index (χ4v) is 4.20. The van der Waals surface area contributed by atoms with Gasteiger partial charge in [0, 0.05) is 4.88 Å². The Balaban J connectivity index is 2.16. The van der Waals surface area contributed by atoms with Gasteiger partial charge < -0.3 is 0 Å². The Morgan fingerprint density at radius 3 is 3.28 bits per heavy atom. The van der Waals surface area contributed by atoms with Crippen LogP contribution in [-0.4, -0.2) is 19.6 Å². The van der Waals surface area contributed by atoms with Gasteiger partial charge >= 0.3 is 0 Å². The lowest BCUT2D eigenvalue weighted by Gasteiger charge is -2.17. The quantitative estimate of drug-likeness (QED) is 0.594. The predicted molar refractivity (Wildman–Crippen MR) is 72.4 cm³/mol. The number of thiophene rings is 1. The average molecular weight is 279 g/mol. The number of fused-ring (bicyclic) bond motifs is 5. The van der Waals surface area contributed by atoms with Gasteiger partial charge in [0.15, 0.2) is 5.65 Å². The highest BCUT2D eigenvalue weighted by Gasteiger charge is 2.23. The van der Waals surface area contributed by atoms with Crippen molar-refractivity contribution in [3.05, 3.63) is 22.1 Å². The molecule has 0 unspecified atom stereocenters. The van der Waals surface area contributed by atoms with E-state index < -0.39 is 0 Å². The molecule has 0 spiro atoms. The van der Waals surface area contributed by atoms with Gasteiger partial charge in [0.05, 0.1) is 5.39 Å². The van der Waals surface area contributed by atoms with Crippen molar-refractivity contribution < 1.29 is 0 Å². The summed E-state index contributed by atoms with van der Waals surface area (Å²) in [6.07, 6.45) is 5.06. The third-order valence-corrected chi connectivity index (χ3v) is 5.06. The van der Waals surface area contributed by atoms with Crippen LogP contribution in [0.1, 0.15) is 23.8 Å². The molecule has 4 nitrogen and oxygen atoms in total. The number of halogens is 1. The second-order valence-electron chi connectivity index (χ2n) is 4.91. The Kier molecular flexibility index (Phi) is 2.17. The summed E-state index contributed by atoms with van der Waals surface area (Å²) < 4.78 is 1.62. The molecule has 6 heteroatoms. The van der Waals surface area contributed by atoms with E-state index in [4.69, 9.17) is 11.6 Å². The Hall–Kier alpha value is -1.20. The van der Waals surface area contributed by atoms with E-state index in [2.05, 4.69) is 22.0 Å². The van der Waals surface area contributed by atoms with Gasteiger partial charge in [-0.25, -0.2) is 9.97 Å². The minimum atomic E-state index is 0.390. The fraction of sp³-hybridized carbons (Fsp3) is 0.417. The topological polar surface area (TPSA) is 43.1 Å². The molecule has 92 valence electrons. The van der Waals surface area contributed by atoms with Crippen molar-refractivity contribution in [2.45, 2.75) is 26.2 Å². The van der Waals surface area contributed by atoms with Crippen LogP contribution in [0.25, 0.3) is 15.9 Å². The maximum absolute atomic E-state index is 6.13. The molecule has 0 aliphatic heterocycles. The number of hydrogen-bond acceptors (Lipinski definition) is 4. The predicted octanol–water partition coefficient (Wildman–Crippen LogP) is 3.12. The third kappa shape index (κ3) is 1.34. The highest BCUT2D eigenvalue weighted by atomic mass is 35.5. The molecule has 1 aliphatic rings. The maximum atomic E-state index is 6.13. The van der Waals surface area contributed by atoms with Gasteiger partial charge in [0.25, 0.3) is 0 Å². The highest BCUT2D eigenvalue weighted by Crippen LogP contribution is 2.39. The molecule has 0 bridgehead atoms. The molecular weight excluding hydrogens is 268 g/mol. The summed E-state index contributed by atoms with van der Waals surface area (Å²) in [5.74, 6) is 0.731. The van der Waals surface area contributed by atoms with Crippen LogP contribution in [0.15, 0.2) is 6.33 Å². The van der Waals surface area contributed by atoms with Crippen LogP contribution in [0.2, 0.25) is 5.28 Å². The first-order valence-electron chi connectivity index (χ1n) is 6.03. The molecule has 0 fully saturated rings. The Morgan fingerprint density at radius 1 is 1.50 bits per heavy atom. The van der Waals surface area contributed by atoms with E-state index in [-0.39, 0.29) is 0 Å². The summed E-state index contributed by atoms with van der Waals surface area (Å²) in [4.78, 5) is 11.2. The van der Waals surface area contributed by atoms with Gasteiger partial charge in [-0.2, -0.15) is 9.61 Å². The van der Waals surface area contributed by atoms with Crippen molar-refractivity contribution in [2.24, 2.45) is 5.92 Å². The van der Waals surface area contributed by atoms with Crippen LogP contribution in [-0.2, 0) is 12.8 Å². The average Bonchev–Trinajstić information content (AvgIpc) is 2.92. The summed E-state index contributed by atoms with van der Waals surface area (Å²) in [5.41, 5.74) is 2.26. The molecule has 3 heterocycles. The first kappa shape index (κ1) is 10.7. The van der Waals surface area contributed by atoms with Crippen molar-refractivity contribution >= 4 is 38.8 Å². The molecule has 0 aromatic carbocycles. The van der Waals surface area contributed by atoms with Crippen LogP contribution in [0.5, 0.6) is 0 Å². The second-order valence-corrected chi connectivity index (χ2v) is 6.33. The zero-order chi connectivity index (χ0) is 12.3. The van der Waals surface area contributed by atoms with E-state index in [1.807, 2.05) is 0 Å². The first-order valence-corrected chi connectivity index (χ1v) is 7.23. The molecule has 1 aliphatic carbocycles. The molecule has 0 saturated heterocycles. The zero-order valence-electron chi connectivity index (χ0n) is 9.85. The molecule has 4 rings (SSSR count). The maximum Gasteiger partial charge on any atom is 0.227 e. The molecular formula is C12H11ClN4S. The molecule has 1 atom stereocenters. The minimum Gasteiger partial charge on any atom is -0.214 e. The Morgan fingerprint density at radius 2 is 2.39 bits per heavy atom. The number of nitrogens with zero attached hydrogens (tertiary/aromatic N) is 4. The smallest absolute Gasteiger partial charge is 0.214 e. The Labute approximate surface area is 113 Å². The highest BCUT2D eigenvalue weighted by molar-refractivity contribution is 7.19. The van der Waals surface area contributed by atoms with Crippen molar-refractivity contribution in [3.63, 3.8) is 0 Å². The SMILES string of the molecule is C[C@@H]1CCc2sc3nc(Cl)n4ncnc4c3c2C1. The lowest BCUT2D eigenvalue weighted by molar-refractivity contribution is 0.508. The summed E-state index contributed by atoms with van der Waals surface area (Å²) in [7, 11) is 0. The van der Waals surface area contributed by atoms with Crippen molar-refractivity contribution in [1.29, 1.82) is 0 Å². The molecule has 0 saturated carbocycles. The van der Waals surface area contributed by atoms with Gasteiger partial charge in [-0.15, -0.1) is 11.3 Å². The van der Waals surface area contributed by atoms with Gasteiger partial charge in [0.1, 0.15) is 11.2 Å². The molecule has 3 aromatic heterocycles. The van der Waals surface area contributed by atoms with Crippen LogP contribution >= 0.6 is 22.9 Å². The molecule has 3 aromatic rings. The molecule has 18 heavy (non-hydrogen) atoms. The standard InChI is InChI=1S/C12H11ClN4S/c1-6-2-3-8-7(4-6)9-10-14-5-15-17(10)12(13)16-11(9)18-8/h5-6H,2-4H2,1H3/t6-/m1/s1. The van der Waals surface area contributed by atoms with Gasteiger partial charge in [0.2, 0.25) is 5.28 Å². The molecule has 0 radical (unpaired) electrons. The lowest BCUT2D eigenvalue weighted by Crippen LogP contribution is -2.09. The van der Waals surface area contributed by atoms with E-state index in [0.717, 1.165) is 34.6 Å². The van der Waals surface area contributed by atoms with Crippen molar-refractivity contribution in [2.75, 3.05) is 0 Å². The number of hydrogen-bond donors (Lipinski definition) is 0. The van der Waals surface area contributed by atoms with Gasteiger partial charge in [-0.05, 0) is 42.3 Å². The largest absolute Gasteiger partial charge is 0.227 e. The van der Waals surface area contributed by atoms with Crippen molar-refractivity contribution in [3.8, 4) is 0 Å². The zero-order valence-corrected chi connectivity index (χ0v) is 11.4. The molecule has 0 N–H and O–H groups in total. The third-order valence-electron chi connectivity index (χ3n) is 3.63. The fourth-order valence-electron chi connectivity index (χ4n) is 2.73. The van der Waals surface area contributed by atoms with E-state index in [1.54, 1.807) is 22.2 Å². The van der Waals surface area contributed by atoms with E-state index >= 15 is 0 Å². The Bertz CT molecular complexity index is 760. The van der Waals surface area contributed by atoms with Crippen molar-refractivity contribution in [1.82, 2.24) is 19.6 Å². The van der Waals surface area contributed by atoms with E-state index in [9.17, 15) is 0 Å². The summed E-state index contributed by atoms with van der Waals surface area (Å²) in [6, 6.07) is 0. The van der Waals surface area contributed by atoms with Crippen LogP contribution < -0.4 is 0 Å².